The van der Waals surface area contributed by atoms with Gasteiger partial charge in [0.2, 0.25) is 11.8 Å². The molecular weight excluding hydrogens is 194 g/mol. The molecule has 1 amide bonds. The minimum atomic E-state index is -0.354. The van der Waals surface area contributed by atoms with Crippen LogP contribution >= 0.6 is 0 Å². The summed E-state index contributed by atoms with van der Waals surface area (Å²) in [5, 5.41) is 3.06. The molecule has 0 saturated carbocycles. The van der Waals surface area contributed by atoms with Crippen LogP contribution in [0.5, 0.6) is 0 Å². The van der Waals surface area contributed by atoms with E-state index in [1.165, 1.54) is 0 Å². The van der Waals surface area contributed by atoms with E-state index in [0.717, 1.165) is 5.76 Å². The lowest BCUT2D eigenvalue weighted by molar-refractivity contribution is -0.120. The van der Waals surface area contributed by atoms with Crippen LogP contribution in [0.4, 0.5) is 0 Å². The van der Waals surface area contributed by atoms with Crippen LogP contribution in [0.25, 0.3) is 0 Å². The van der Waals surface area contributed by atoms with Crippen LogP contribution in [0.15, 0.2) is 10.6 Å². The quantitative estimate of drug-likeness (QED) is 0.758. The van der Waals surface area contributed by atoms with E-state index >= 15 is 0 Å². The van der Waals surface area contributed by atoms with E-state index in [1.807, 2.05) is 20.8 Å². The molecule has 3 N–H and O–H groups in total. The van der Waals surface area contributed by atoms with Crippen molar-refractivity contribution in [2.45, 2.75) is 39.3 Å². The van der Waals surface area contributed by atoms with Gasteiger partial charge in [0.1, 0.15) is 5.76 Å². The van der Waals surface area contributed by atoms with E-state index in [-0.39, 0.29) is 18.0 Å². The van der Waals surface area contributed by atoms with Gasteiger partial charge in [-0.1, -0.05) is 6.92 Å². The highest BCUT2D eigenvalue weighted by atomic mass is 16.4. The molecule has 84 valence electrons. The van der Waals surface area contributed by atoms with E-state index in [1.54, 1.807) is 6.20 Å². The summed E-state index contributed by atoms with van der Waals surface area (Å²) in [4.78, 5) is 15.1. The second-order valence-electron chi connectivity index (χ2n) is 3.56. The second-order valence-corrected chi connectivity index (χ2v) is 3.56. The summed E-state index contributed by atoms with van der Waals surface area (Å²) in [7, 11) is 0. The Kier molecular flexibility index (Phi) is 3.85. The molecule has 5 heteroatoms. The number of amides is 1. The number of hydrogen-bond acceptors (Lipinski definition) is 4. The maximum absolute atomic E-state index is 11.0. The maximum atomic E-state index is 11.0. The van der Waals surface area contributed by atoms with Crippen LogP contribution in [0.1, 0.15) is 38.0 Å². The van der Waals surface area contributed by atoms with Gasteiger partial charge in [-0.05, 0) is 20.3 Å². The van der Waals surface area contributed by atoms with E-state index in [4.69, 9.17) is 10.2 Å². The summed E-state index contributed by atoms with van der Waals surface area (Å²) in [6, 6.07) is -0.455. The summed E-state index contributed by atoms with van der Waals surface area (Å²) < 4.78 is 5.34. The molecule has 0 bridgehead atoms. The third-order valence-corrected chi connectivity index (χ3v) is 2.21. The van der Waals surface area contributed by atoms with Crippen molar-refractivity contribution in [3.63, 3.8) is 0 Å². The zero-order chi connectivity index (χ0) is 11.4. The van der Waals surface area contributed by atoms with Crippen molar-refractivity contribution in [1.29, 1.82) is 0 Å². The van der Waals surface area contributed by atoms with Crippen LogP contribution in [-0.4, -0.2) is 16.9 Å². The van der Waals surface area contributed by atoms with Gasteiger partial charge in [0.15, 0.2) is 0 Å². The number of aryl methyl sites for hydroxylation is 1. The molecule has 15 heavy (non-hydrogen) atoms. The number of aromatic nitrogens is 1. The Balaban J connectivity index is 2.62. The number of rotatable bonds is 5. The number of nitrogens with one attached hydrogen (secondary N) is 1. The molecular formula is C10H17N3O2. The van der Waals surface area contributed by atoms with E-state index in [0.29, 0.717) is 12.3 Å². The van der Waals surface area contributed by atoms with Crippen molar-refractivity contribution in [1.82, 2.24) is 10.3 Å². The Morgan fingerprint density at radius 3 is 2.80 bits per heavy atom. The molecule has 1 heterocycles. The average Bonchev–Trinajstić information content (AvgIpc) is 2.60. The third kappa shape index (κ3) is 3.06. The molecule has 2 atom stereocenters. The summed E-state index contributed by atoms with van der Waals surface area (Å²) in [6.45, 7) is 5.61. The van der Waals surface area contributed by atoms with Gasteiger partial charge >= 0.3 is 0 Å². The van der Waals surface area contributed by atoms with Crippen LogP contribution < -0.4 is 11.1 Å². The topological polar surface area (TPSA) is 81.2 Å². The van der Waals surface area contributed by atoms with Gasteiger partial charge in [-0.25, -0.2) is 4.98 Å². The standard InChI is InChI=1S/C10H17N3O2/c1-4-8(9(11)14)13-7(3)10-12-5-6(2)15-10/h5,7-8,13H,4H2,1-3H3,(H2,11,14). The highest BCUT2D eigenvalue weighted by molar-refractivity contribution is 5.79. The molecule has 1 aromatic heterocycles. The van der Waals surface area contributed by atoms with Crippen molar-refractivity contribution in [3.05, 3.63) is 17.8 Å². The highest BCUT2D eigenvalue weighted by Crippen LogP contribution is 2.13. The molecule has 0 aromatic carbocycles. The molecule has 2 unspecified atom stereocenters. The Morgan fingerprint density at radius 1 is 1.73 bits per heavy atom. The molecule has 1 aromatic rings. The fourth-order valence-electron chi connectivity index (χ4n) is 1.35. The molecule has 0 fully saturated rings. The second kappa shape index (κ2) is 4.93. The van der Waals surface area contributed by atoms with Crippen LogP contribution in [0, 0.1) is 6.92 Å². The predicted molar refractivity (Wildman–Crippen MR) is 56.1 cm³/mol. The first-order valence-electron chi connectivity index (χ1n) is 5.02. The number of nitrogens with two attached hydrogens (primary N) is 1. The van der Waals surface area contributed by atoms with Crippen LogP contribution in [-0.2, 0) is 4.79 Å². The molecule has 0 aliphatic carbocycles. The number of oxazole rings is 1. The van der Waals surface area contributed by atoms with Crippen molar-refractivity contribution in [2.24, 2.45) is 5.73 Å². The summed E-state index contributed by atoms with van der Waals surface area (Å²) in [5.74, 6) is 0.977. The van der Waals surface area contributed by atoms with E-state index < -0.39 is 0 Å². The SMILES string of the molecule is CCC(NC(C)c1ncc(C)o1)C(N)=O. The molecule has 0 spiro atoms. The Labute approximate surface area is 89.1 Å². The van der Waals surface area contributed by atoms with Gasteiger partial charge in [-0.2, -0.15) is 0 Å². The minimum absolute atomic E-state index is 0.115. The number of hydrogen-bond donors (Lipinski definition) is 2. The van der Waals surface area contributed by atoms with Crippen LogP contribution in [0.2, 0.25) is 0 Å². The van der Waals surface area contributed by atoms with Crippen molar-refractivity contribution >= 4 is 5.91 Å². The monoisotopic (exact) mass is 211 g/mol. The number of carbonyl (C=O) groups is 1. The fourth-order valence-corrected chi connectivity index (χ4v) is 1.35. The number of carbonyl (C=O) groups excluding carboxylic acids is 1. The van der Waals surface area contributed by atoms with Gasteiger partial charge < -0.3 is 10.2 Å². The Morgan fingerprint density at radius 2 is 2.40 bits per heavy atom. The van der Waals surface area contributed by atoms with Gasteiger partial charge in [0.05, 0.1) is 18.3 Å². The normalized spacial score (nSPS) is 14.9. The van der Waals surface area contributed by atoms with Gasteiger partial charge in [0.25, 0.3) is 0 Å². The van der Waals surface area contributed by atoms with Gasteiger partial charge in [-0.3, -0.25) is 10.1 Å². The Hall–Kier alpha value is -1.36. The lowest BCUT2D eigenvalue weighted by atomic mass is 10.2. The van der Waals surface area contributed by atoms with Crippen molar-refractivity contribution in [2.75, 3.05) is 0 Å². The zero-order valence-electron chi connectivity index (χ0n) is 9.28. The van der Waals surface area contributed by atoms with Crippen LogP contribution in [0.3, 0.4) is 0 Å². The first-order chi connectivity index (χ1) is 7.04. The summed E-state index contributed by atoms with van der Waals surface area (Å²) in [6.07, 6.45) is 2.30. The van der Waals surface area contributed by atoms with E-state index in [9.17, 15) is 4.79 Å². The molecule has 0 aliphatic heterocycles. The smallest absolute Gasteiger partial charge is 0.234 e. The first kappa shape index (κ1) is 11.7. The number of primary amides is 1. The molecule has 0 saturated heterocycles. The summed E-state index contributed by atoms with van der Waals surface area (Å²) >= 11 is 0. The minimum Gasteiger partial charge on any atom is -0.444 e. The van der Waals surface area contributed by atoms with Gasteiger partial charge in [-0.15, -0.1) is 0 Å². The van der Waals surface area contributed by atoms with Crippen molar-refractivity contribution in [3.8, 4) is 0 Å². The zero-order valence-corrected chi connectivity index (χ0v) is 9.28. The third-order valence-electron chi connectivity index (χ3n) is 2.21. The molecule has 5 nitrogen and oxygen atoms in total. The average molecular weight is 211 g/mol. The Bertz CT molecular complexity index is 335. The number of nitrogens with zero attached hydrogens (tertiary/aromatic N) is 1. The van der Waals surface area contributed by atoms with Crippen molar-refractivity contribution < 1.29 is 9.21 Å². The fraction of sp³-hybridized carbons (Fsp3) is 0.600. The molecule has 1 rings (SSSR count). The van der Waals surface area contributed by atoms with E-state index in [2.05, 4.69) is 10.3 Å². The summed E-state index contributed by atoms with van der Waals surface area (Å²) in [5.41, 5.74) is 5.23. The molecule has 0 radical (unpaired) electrons. The molecule has 0 aliphatic rings. The highest BCUT2D eigenvalue weighted by Gasteiger charge is 2.19. The predicted octanol–water partition coefficient (Wildman–Crippen LogP) is 0.898. The maximum Gasteiger partial charge on any atom is 0.234 e. The lowest BCUT2D eigenvalue weighted by Gasteiger charge is -2.17. The first-order valence-corrected chi connectivity index (χ1v) is 5.02. The van der Waals surface area contributed by atoms with Gasteiger partial charge in [0, 0.05) is 0 Å². The lowest BCUT2D eigenvalue weighted by Crippen LogP contribution is -2.41. The largest absolute Gasteiger partial charge is 0.444 e.